The molecular formula is C10H14N3O3PS. The maximum Gasteiger partial charge on any atom is 0.402 e. The number of rotatable bonds is 6. The quantitative estimate of drug-likeness (QED) is 0.759. The van der Waals surface area contributed by atoms with Crippen LogP contribution in [0.4, 0.5) is 0 Å². The molecule has 0 fully saturated rings. The fraction of sp³-hybridized carbons (Fsp3) is 0.400. The Balaban J connectivity index is 2.29. The number of aromatic nitrogens is 3. The van der Waals surface area contributed by atoms with Crippen LogP contribution in [0.1, 0.15) is 13.8 Å². The SMILES string of the molecule is CCOP(=S)(OCC)On1nnc2ccccc21. The number of para-hydroxylation sites is 1. The van der Waals surface area contributed by atoms with E-state index in [9.17, 15) is 0 Å². The monoisotopic (exact) mass is 287 g/mol. The van der Waals surface area contributed by atoms with Gasteiger partial charge >= 0.3 is 6.72 Å². The molecule has 98 valence electrons. The van der Waals surface area contributed by atoms with Crippen molar-refractivity contribution in [1.82, 2.24) is 15.2 Å². The van der Waals surface area contributed by atoms with Crippen molar-refractivity contribution in [2.24, 2.45) is 0 Å². The van der Waals surface area contributed by atoms with E-state index in [0.717, 1.165) is 11.0 Å². The van der Waals surface area contributed by atoms with Crippen LogP contribution in [0.25, 0.3) is 11.0 Å². The summed E-state index contributed by atoms with van der Waals surface area (Å²) in [6, 6.07) is 7.43. The molecule has 0 unspecified atom stereocenters. The van der Waals surface area contributed by atoms with Crippen molar-refractivity contribution in [3.05, 3.63) is 24.3 Å². The van der Waals surface area contributed by atoms with Gasteiger partial charge in [-0.05, 0) is 31.2 Å². The lowest BCUT2D eigenvalue weighted by molar-refractivity contribution is 0.141. The van der Waals surface area contributed by atoms with Gasteiger partial charge in [-0.25, -0.2) is 0 Å². The molecule has 0 aliphatic rings. The van der Waals surface area contributed by atoms with Gasteiger partial charge in [0.05, 0.1) is 13.2 Å². The van der Waals surface area contributed by atoms with Crippen molar-refractivity contribution in [2.45, 2.75) is 13.8 Å². The Morgan fingerprint density at radius 1 is 1.22 bits per heavy atom. The Morgan fingerprint density at radius 2 is 1.89 bits per heavy atom. The van der Waals surface area contributed by atoms with Crippen LogP contribution in [0.3, 0.4) is 0 Å². The molecule has 2 aromatic rings. The van der Waals surface area contributed by atoms with Crippen LogP contribution in [0.2, 0.25) is 0 Å². The fourth-order valence-electron chi connectivity index (χ4n) is 1.40. The van der Waals surface area contributed by atoms with Gasteiger partial charge < -0.3 is 4.62 Å². The van der Waals surface area contributed by atoms with Crippen LogP contribution in [0.15, 0.2) is 24.3 Å². The maximum atomic E-state index is 5.56. The van der Waals surface area contributed by atoms with Crippen LogP contribution >= 0.6 is 6.72 Å². The molecule has 0 atom stereocenters. The average molecular weight is 287 g/mol. The van der Waals surface area contributed by atoms with Gasteiger partial charge in [-0.2, -0.15) is 0 Å². The number of hydrogen-bond donors (Lipinski definition) is 0. The largest absolute Gasteiger partial charge is 0.402 e. The number of hydrogen-bond acceptors (Lipinski definition) is 6. The average Bonchev–Trinajstić information content (AvgIpc) is 2.73. The van der Waals surface area contributed by atoms with Gasteiger partial charge in [0, 0.05) is 11.8 Å². The first-order chi connectivity index (χ1) is 8.68. The van der Waals surface area contributed by atoms with Gasteiger partial charge in [-0.3, -0.25) is 9.05 Å². The van der Waals surface area contributed by atoms with Gasteiger partial charge in [0.2, 0.25) is 0 Å². The summed E-state index contributed by atoms with van der Waals surface area (Å²) < 4.78 is 16.3. The molecule has 6 nitrogen and oxygen atoms in total. The lowest BCUT2D eigenvalue weighted by Gasteiger charge is -2.19. The van der Waals surface area contributed by atoms with Gasteiger partial charge in [0.25, 0.3) is 0 Å². The number of benzene rings is 1. The fourth-order valence-corrected chi connectivity index (χ4v) is 3.34. The van der Waals surface area contributed by atoms with E-state index in [1.165, 1.54) is 4.85 Å². The Hall–Kier alpha value is -1.01. The van der Waals surface area contributed by atoms with Crippen molar-refractivity contribution in [2.75, 3.05) is 13.2 Å². The minimum Gasteiger partial charge on any atom is -0.313 e. The maximum absolute atomic E-state index is 5.56. The second-order valence-electron chi connectivity index (χ2n) is 3.32. The van der Waals surface area contributed by atoms with E-state index < -0.39 is 6.72 Å². The third-order valence-electron chi connectivity index (χ3n) is 2.07. The van der Waals surface area contributed by atoms with E-state index in [-0.39, 0.29) is 0 Å². The molecule has 1 aromatic carbocycles. The van der Waals surface area contributed by atoms with Gasteiger partial charge in [-0.15, -0.1) is 5.10 Å². The summed E-state index contributed by atoms with van der Waals surface area (Å²) in [5.74, 6) is 0. The highest BCUT2D eigenvalue weighted by Crippen LogP contribution is 2.46. The molecule has 1 aromatic heterocycles. The second kappa shape index (κ2) is 5.75. The summed E-state index contributed by atoms with van der Waals surface area (Å²) in [6.07, 6.45) is 0. The van der Waals surface area contributed by atoms with Gasteiger partial charge in [-0.1, -0.05) is 17.0 Å². The highest BCUT2D eigenvalue weighted by molar-refractivity contribution is 8.07. The third-order valence-corrected chi connectivity index (χ3v) is 4.41. The molecule has 8 heteroatoms. The topological polar surface area (TPSA) is 58.4 Å². The zero-order valence-electron chi connectivity index (χ0n) is 10.1. The van der Waals surface area contributed by atoms with E-state index in [1.807, 2.05) is 38.1 Å². The molecule has 0 saturated carbocycles. The summed E-state index contributed by atoms with van der Waals surface area (Å²) in [4.78, 5) is 1.27. The molecule has 0 aliphatic carbocycles. The first-order valence-electron chi connectivity index (χ1n) is 5.58. The molecule has 0 aliphatic heterocycles. The second-order valence-corrected chi connectivity index (χ2v) is 6.23. The van der Waals surface area contributed by atoms with Crippen LogP contribution in [0, 0.1) is 0 Å². The van der Waals surface area contributed by atoms with E-state index in [2.05, 4.69) is 10.3 Å². The van der Waals surface area contributed by atoms with Crippen molar-refractivity contribution in [3.8, 4) is 0 Å². The Morgan fingerprint density at radius 3 is 2.56 bits per heavy atom. The van der Waals surface area contributed by atoms with Crippen LogP contribution in [-0.4, -0.2) is 28.4 Å². The molecule has 2 rings (SSSR count). The molecule has 1 heterocycles. The standard InChI is InChI=1S/C10H14N3O3PS/c1-3-14-17(18,15-4-2)16-13-10-8-6-5-7-9(10)11-12-13/h5-8H,3-4H2,1-2H3. The van der Waals surface area contributed by atoms with Crippen molar-refractivity contribution < 1.29 is 13.7 Å². The molecule has 0 spiro atoms. The number of nitrogens with zero attached hydrogens (tertiary/aromatic N) is 3. The highest BCUT2D eigenvalue weighted by atomic mass is 32.5. The van der Waals surface area contributed by atoms with E-state index >= 15 is 0 Å². The van der Waals surface area contributed by atoms with Crippen LogP contribution in [0.5, 0.6) is 0 Å². The molecule has 18 heavy (non-hydrogen) atoms. The van der Waals surface area contributed by atoms with Crippen molar-refractivity contribution >= 4 is 29.6 Å². The predicted molar refractivity (Wildman–Crippen MR) is 71.6 cm³/mol. The zero-order valence-corrected chi connectivity index (χ0v) is 11.9. The molecule has 0 saturated heterocycles. The Kier molecular flexibility index (Phi) is 4.29. The van der Waals surface area contributed by atoms with Crippen LogP contribution < -0.4 is 4.62 Å². The summed E-state index contributed by atoms with van der Waals surface area (Å²) in [7, 11) is 0. The molecule has 0 bridgehead atoms. The summed E-state index contributed by atoms with van der Waals surface area (Å²) in [5, 5.41) is 7.86. The summed E-state index contributed by atoms with van der Waals surface area (Å²) in [6.45, 7) is 1.69. The Labute approximate surface area is 110 Å². The lowest BCUT2D eigenvalue weighted by atomic mass is 10.3. The number of fused-ring (bicyclic) bond motifs is 1. The van der Waals surface area contributed by atoms with Crippen molar-refractivity contribution in [3.63, 3.8) is 0 Å². The molecule has 0 amide bonds. The summed E-state index contributed by atoms with van der Waals surface area (Å²) in [5.41, 5.74) is 1.46. The highest BCUT2D eigenvalue weighted by Gasteiger charge is 2.23. The third kappa shape index (κ3) is 2.87. The van der Waals surface area contributed by atoms with E-state index in [0.29, 0.717) is 13.2 Å². The van der Waals surface area contributed by atoms with Crippen molar-refractivity contribution in [1.29, 1.82) is 0 Å². The lowest BCUT2D eigenvalue weighted by Crippen LogP contribution is -2.14. The molecular weight excluding hydrogens is 273 g/mol. The molecule has 0 radical (unpaired) electrons. The van der Waals surface area contributed by atoms with Gasteiger partial charge in [0.15, 0.2) is 0 Å². The normalized spacial score (nSPS) is 11.9. The summed E-state index contributed by atoms with van der Waals surface area (Å²) >= 11 is 5.27. The zero-order chi connectivity index (χ0) is 13.0. The minimum absolute atomic E-state index is 0.421. The van der Waals surface area contributed by atoms with Crippen LogP contribution in [-0.2, 0) is 20.9 Å². The van der Waals surface area contributed by atoms with E-state index in [4.69, 9.17) is 25.5 Å². The first kappa shape index (κ1) is 13.4. The first-order valence-corrected chi connectivity index (χ1v) is 8.14. The Bertz CT molecular complexity index is 564. The van der Waals surface area contributed by atoms with Gasteiger partial charge in [0.1, 0.15) is 11.0 Å². The minimum atomic E-state index is -2.82. The van der Waals surface area contributed by atoms with E-state index in [1.54, 1.807) is 0 Å². The predicted octanol–water partition coefficient (Wildman–Crippen LogP) is 2.16. The molecule has 0 N–H and O–H groups in total. The smallest absolute Gasteiger partial charge is 0.313 e.